The zero-order valence-electron chi connectivity index (χ0n) is 13.9. The van der Waals surface area contributed by atoms with E-state index in [1.165, 1.54) is 11.1 Å². The highest BCUT2D eigenvalue weighted by atomic mass is 127. The lowest BCUT2D eigenvalue weighted by atomic mass is 9.99. The molecule has 0 unspecified atom stereocenters. The van der Waals surface area contributed by atoms with Gasteiger partial charge in [-0.05, 0) is 11.1 Å². The van der Waals surface area contributed by atoms with Crippen LogP contribution in [0.15, 0.2) is 60.7 Å². The molecule has 0 aliphatic carbocycles. The van der Waals surface area contributed by atoms with E-state index in [4.69, 9.17) is 14.2 Å². The van der Waals surface area contributed by atoms with Crippen LogP contribution in [0.4, 0.5) is 0 Å². The fraction of sp³-hybridized carbons (Fsp3) is 0.400. The molecule has 2 saturated heterocycles. The fourth-order valence-corrected chi connectivity index (χ4v) is 4.44. The van der Waals surface area contributed by atoms with E-state index < -0.39 is 0 Å². The quantitative estimate of drug-likeness (QED) is 0.541. The molecule has 2 heterocycles. The largest absolute Gasteiger partial charge is 0.369 e. The van der Waals surface area contributed by atoms with Gasteiger partial charge in [0.05, 0.1) is 23.2 Å². The summed E-state index contributed by atoms with van der Waals surface area (Å²) in [6.07, 6.45) is -0.173. The van der Waals surface area contributed by atoms with Crippen molar-refractivity contribution in [2.75, 3.05) is 6.61 Å². The van der Waals surface area contributed by atoms with Gasteiger partial charge >= 0.3 is 0 Å². The molecule has 4 nitrogen and oxygen atoms in total. The van der Waals surface area contributed by atoms with Gasteiger partial charge in [-0.2, -0.15) is 0 Å². The second kappa shape index (κ2) is 8.14. The minimum absolute atomic E-state index is 0.00648. The minimum Gasteiger partial charge on any atom is -0.369 e. The van der Waals surface area contributed by atoms with Crippen LogP contribution in [0.25, 0.3) is 0 Å². The SMILES string of the molecule is I[C@H]1[C@@H]2OC[C@@H](O2)[C@@H](OCc2ccccc2)[C@@H]1NCc1ccccc1. The van der Waals surface area contributed by atoms with Gasteiger partial charge in [0.2, 0.25) is 0 Å². The van der Waals surface area contributed by atoms with Crippen molar-refractivity contribution >= 4 is 22.6 Å². The van der Waals surface area contributed by atoms with Crippen molar-refractivity contribution in [3.8, 4) is 0 Å². The summed E-state index contributed by atoms with van der Waals surface area (Å²) >= 11 is 2.43. The Kier molecular flexibility index (Phi) is 5.67. The maximum absolute atomic E-state index is 6.30. The van der Waals surface area contributed by atoms with E-state index in [9.17, 15) is 0 Å². The maximum Gasteiger partial charge on any atom is 0.171 e. The Morgan fingerprint density at radius 1 is 1.00 bits per heavy atom. The molecule has 2 aromatic carbocycles. The molecule has 2 fully saturated rings. The van der Waals surface area contributed by atoms with Gasteiger partial charge < -0.3 is 19.5 Å². The Bertz CT molecular complexity index is 626. The van der Waals surface area contributed by atoms with E-state index >= 15 is 0 Å². The number of benzene rings is 2. The monoisotopic (exact) mass is 451 g/mol. The molecule has 2 aliphatic heterocycles. The number of nitrogens with one attached hydrogen (secondary N) is 1. The average Bonchev–Trinajstić information content (AvgIpc) is 3.11. The van der Waals surface area contributed by atoms with Gasteiger partial charge in [-0.1, -0.05) is 83.3 Å². The van der Waals surface area contributed by atoms with Crippen molar-refractivity contribution in [3.63, 3.8) is 0 Å². The first-order chi connectivity index (χ1) is 12.3. The molecule has 5 heteroatoms. The third kappa shape index (κ3) is 4.06. The summed E-state index contributed by atoms with van der Waals surface area (Å²) in [6, 6.07) is 20.9. The zero-order valence-corrected chi connectivity index (χ0v) is 16.0. The molecule has 25 heavy (non-hydrogen) atoms. The molecule has 0 amide bonds. The first kappa shape index (κ1) is 17.4. The Hall–Kier alpha value is -0.990. The summed E-state index contributed by atoms with van der Waals surface area (Å²) in [5.41, 5.74) is 2.45. The molecule has 0 aromatic heterocycles. The number of hydrogen-bond acceptors (Lipinski definition) is 4. The second-order valence-electron chi connectivity index (χ2n) is 6.47. The number of ether oxygens (including phenoxy) is 3. The summed E-state index contributed by atoms with van der Waals surface area (Å²) in [5.74, 6) is 0. The maximum atomic E-state index is 6.30. The Balaban J connectivity index is 1.45. The minimum atomic E-state index is -0.143. The zero-order chi connectivity index (χ0) is 17.1. The molecule has 1 N–H and O–H groups in total. The van der Waals surface area contributed by atoms with Crippen LogP contribution in [0.2, 0.25) is 0 Å². The molecular formula is C20H22INO3. The number of hydrogen-bond donors (Lipinski definition) is 1. The van der Waals surface area contributed by atoms with Gasteiger partial charge in [-0.15, -0.1) is 0 Å². The lowest BCUT2D eigenvalue weighted by Crippen LogP contribution is -2.58. The van der Waals surface area contributed by atoms with E-state index in [1.54, 1.807) is 0 Å². The molecule has 2 aliphatic rings. The van der Waals surface area contributed by atoms with Crippen molar-refractivity contribution in [1.29, 1.82) is 0 Å². The molecule has 0 radical (unpaired) electrons. The van der Waals surface area contributed by atoms with E-state index in [-0.39, 0.29) is 28.5 Å². The van der Waals surface area contributed by atoms with Crippen LogP contribution in [0.5, 0.6) is 0 Å². The van der Waals surface area contributed by atoms with Crippen LogP contribution >= 0.6 is 22.6 Å². The molecule has 0 spiro atoms. The molecule has 132 valence electrons. The molecule has 4 rings (SSSR count). The highest BCUT2D eigenvalue weighted by molar-refractivity contribution is 14.1. The van der Waals surface area contributed by atoms with Gasteiger partial charge in [0.15, 0.2) is 6.29 Å². The topological polar surface area (TPSA) is 39.7 Å². The molecule has 0 saturated carbocycles. The average molecular weight is 451 g/mol. The molecular weight excluding hydrogens is 429 g/mol. The van der Waals surface area contributed by atoms with Gasteiger partial charge in [0.25, 0.3) is 0 Å². The van der Waals surface area contributed by atoms with Crippen molar-refractivity contribution in [1.82, 2.24) is 5.32 Å². The molecule has 5 atom stereocenters. The summed E-state index contributed by atoms with van der Waals surface area (Å²) in [6.45, 7) is 2.01. The van der Waals surface area contributed by atoms with E-state index in [2.05, 4.69) is 64.3 Å². The first-order valence-corrected chi connectivity index (χ1v) is 9.90. The van der Waals surface area contributed by atoms with Crippen molar-refractivity contribution in [2.45, 2.75) is 41.6 Å². The highest BCUT2D eigenvalue weighted by Gasteiger charge is 2.50. The molecule has 2 bridgehead atoms. The molecule has 2 aromatic rings. The van der Waals surface area contributed by atoms with Crippen LogP contribution in [0.1, 0.15) is 11.1 Å². The van der Waals surface area contributed by atoms with Crippen LogP contribution < -0.4 is 5.32 Å². The number of rotatable bonds is 6. The first-order valence-electron chi connectivity index (χ1n) is 8.65. The van der Waals surface area contributed by atoms with Crippen molar-refractivity contribution in [3.05, 3.63) is 71.8 Å². The fourth-order valence-electron chi connectivity index (χ4n) is 3.40. The number of halogens is 1. The van der Waals surface area contributed by atoms with Crippen molar-refractivity contribution < 1.29 is 14.2 Å². The van der Waals surface area contributed by atoms with Crippen LogP contribution in [-0.4, -0.2) is 35.1 Å². The van der Waals surface area contributed by atoms with E-state index in [0.717, 1.165) is 6.54 Å². The van der Waals surface area contributed by atoms with Crippen LogP contribution in [-0.2, 0) is 27.4 Å². The number of fused-ring (bicyclic) bond motifs is 2. The van der Waals surface area contributed by atoms with E-state index in [0.29, 0.717) is 13.2 Å². The Labute approximate surface area is 162 Å². The standard InChI is InChI=1S/C20H22INO3/c21-17-18(22-11-14-7-3-1-4-8-14)19(16-13-24-20(17)25-16)23-12-15-9-5-2-6-10-15/h1-10,16-20,22H,11-13H2/t16-,17-,18-,19-,20-/m1/s1. The highest BCUT2D eigenvalue weighted by Crippen LogP contribution is 2.34. The third-order valence-corrected chi connectivity index (χ3v) is 6.09. The van der Waals surface area contributed by atoms with Crippen LogP contribution in [0, 0.1) is 0 Å². The Morgan fingerprint density at radius 2 is 1.68 bits per heavy atom. The number of alkyl halides is 1. The van der Waals surface area contributed by atoms with E-state index in [1.807, 2.05) is 24.3 Å². The van der Waals surface area contributed by atoms with Gasteiger partial charge in [-0.3, -0.25) is 0 Å². The van der Waals surface area contributed by atoms with Gasteiger partial charge in [0.1, 0.15) is 12.2 Å². The van der Waals surface area contributed by atoms with Gasteiger partial charge in [-0.25, -0.2) is 0 Å². The van der Waals surface area contributed by atoms with Crippen molar-refractivity contribution in [2.24, 2.45) is 0 Å². The lowest BCUT2D eigenvalue weighted by Gasteiger charge is -2.39. The smallest absolute Gasteiger partial charge is 0.171 e. The second-order valence-corrected chi connectivity index (χ2v) is 7.91. The normalized spacial score (nSPS) is 31.2. The summed E-state index contributed by atoms with van der Waals surface area (Å²) in [5, 5.41) is 3.68. The predicted molar refractivity (Wildman–Crippen MR) is 105 cm³/mol. The lowest BCUT2D eigenvalue weighted by molar-refractivity contribution is -0.145. The summed E-state index contributed by atoms with van der Waals surface area (Å²) in [4.78, 5) is 0. The van der Waals surface area contributed by atoms with Gasteiger partial charge in [0, 0.05) is 6.54 Å². The predicted octanol–water partition coefficient (Wildman–Crippen LogP) is 3.29. The summed E-state index contributed by atoms with van der Waals surface area (Å²) < 4.78 is 18.3. The Morgan fingerprint density at radius 3 is 2.40 bits per heavy atom. The van der Waals surface area contributed by atoms with Crippen LogP contribution in [0.3, 0.4) is 0 Å². The third-order valence-electron chi connectivity index (χ3n) is 4.73. The summed E-state index contributed by atoms with van der Waals surface area (Å²) in [7, 11) is 0.